The van der Waals surface area contributed by atoms with Gasteiger partial charge in [-0.1, -0.05) is 24.3 Å². The van der Waals surface area contributed by atoms with Gasteiger partial charge < -0.3 is 10.6 Å². The highest BCUT2D eigenvalue weighted by atomic mass is 32.1. The first-order chi connectivity index (χ1) is 14.0. The molecule has 0 atom stereocenters. The first-order valence-electron chi connectivity index (χ1n) is 10.0. The summed E-state index contributed by atoms with van der Waals surface area (Å²) in [7, 11) is 0. The van der Waals surface area contributed by atoms with E-state index in [1.165, 1.54) is 4.70 Å². The number of hydrogen-bond donors (Lipinski definition) is 2. The highest BCUT2D eigenvalue weighted by Gasteiger charge is 2.07. The summed E-state index contributed by atoms with van der Waals surface area (Å²) >= 11 is 1.73. The number of rotatable bonds is 9. The van der Waals surface area contributed by atoms with E-state index in [0.29, 0.717) is 12.8 Å². The lowest BCUT2D eigenvalue weighted by atomic mass is 10.1. The number of fused-ring (bicyclic) bond motifs is 1. The molecule has 29 heavy (non-hydrogen) atoms. The Kier molecular flexibility index (Phi) is 7.36. The molecule has 1 aromatic heterocycles. The van der Waals surface area contributed by atoms with Crippen molar-refractivity contribution in [2.24, 2.45) is 0 Å². The fourth-order valence-corrected chi connectivity index (χ4v) is 4.09. The van der Waals surface area contributed by atoms with Crippen molar-refractivity contribution in [3.05, 3.63) is 59.1 Å². The largest absolute Gasteiger partial charge is 0.354 e. The Morgan fingerprint density at radius 2 is 1.76 bits per heavy atom. The third kappa shape index (κ3) is 6.68. The van der Waals surface area contributed by atoms with Gasteiger partial charge in [-0.25, -0.2) is 4.98 Å². The molecule has 3 rings (SSSR count). The van der Waals surface area contributed by atoms with Crippen LogP contribution in [0.3, 0.4) is 0 Å². The van der Waals surface area contributed by atoms with Gasteiger partial charge in [-0.05, 0) is 62.9 Å². The van der Waals surface area contributed by atoms with E-state index in [2.05, 4.69) is 21.7 Å². The topological polar surface area (TPSA) is 71.1 Å². The Balaban J connectivity index is 1.38. The van der Waals surface area contributed by atoms with Crippen molar-refractivity contribution >= 4 is 39.1 Å². The number of aryl methyl sites for hydroxylation is 1. The van der Waals surface area contributed by atoms with Crippen molar-refractivity contribution in [3.8, 4) is 0 Å². The second-order valence-electron chi connectivity index (χ2n) is 7.43. The molecule has 0 aliphatic heterocycles. The molecular formula is C23H27N3O2S. The van der Waals surface area contributed by atoms with Crippen LogP contribution >= 0.6 is 11.3 Å². The predicted octanol–water partition coefficient (Wildman–Crippen LogP) is 4.71. The van der Waals surface area contributed by atoms with Gasteiger partial charge in [-0.15, -0.1) is 11.3 Å². The molecule has 0 aliphatic carbocycles. The van der Waals surface area contributed by atoms with Gasteiger partial charge in [0.25, 0.3) is 0 Å². The Morgan fingerprint density at radius 1 is 1.00 bits per heavy atom. The average molecular weight is 410 g/mol. The molecule has 0 saturated carbocycles. The maximum Gasteiger partial charge on any atom is 0.224 e. The predicted molar refractivity (Wildman–Crippen MR) is 119 cm³/mol. The first-order valence-corrected chi connectivity index (χ1v) is 10.8. The molecule has 0 fully saturated rings. The second-order valence-corrected chi connectivity index (χ2v) is 8.54. The van der Waals surface area contributed by atoms with Gasteiger partial charge in [-0.3, -0.25) is 9.59 Å². The maximum absolute atomic E-state index is 12.2. The summed E-state index contributed by atoms with van der Waals surface area (Å²) in [4.78, 5) is 28.6. The van der Waals surface area contributed by atoms with Crippen LogP contribution < -0.4 is 10.6 Å². The average Bonchev–Trinajstić information content (AvgIpc) is 3.09. The number of hydrogen-bond acceptors (Lipinski definition) is 4. The fourth-order valence-electron chi connectivity index (χ4n) is 3.08. The van der Waals surface area contributed by atoms with Gasteiger partial charge >= 0.3 is 0 Å². The Morgan fingerprint density at radius 3 is 2.48 bits per heavy atom. The summed E-state index contributed by atoms with van der Waals surface area (Å²) in [5.41, 5.74) is 2.74. The van der Waals surface area contributed by atoms with Gasteiger partial charge in [-0.2, -0.15) is 0 Å². The summed E-state index contributed by atoms with van der Waals surface area (Å²) in [5, 5.41) is 6.92. The molecule has 152 valence electrons. The zero-order valence-electron chi connectivity index (χ0n) is 16.9. The third-order valence-corrected chi connectivity index (χ3v) is 5.53. The molecular weight excluding hydrogens is 382 g/mol. The number of anilines is 1. The van der Waals surface area contributed by atoms with Crippen molar-refractivity contribution < 1.29 is 9.59 Å². The van der Waals surface area contributed by atoms with Gasteiger partial charge in [0, 0.05) is 18.2 Å². The van der Waals surface area contributed by atoms with Gasteiger partial charge in [0.2, 0.25) is 11.8 Å². The van der Waals surface area contributed by atoms with E-state index in [-0.39, 0.29) is 17.9 Å². The Labute approximate surface area is 175 Å². The third-order valence-electron chi connectivity index (χ3n) is 4.43. The molecule has 0 unspecified atom stereocenters. The van der Waals surface area contributed by atoms with Crippen molar-refractivity contribution in [2.75, 3.05) is 5.32 Å². The van der Waals surface area contributed by atoms with E-state index in [1.807, 2.05) is 56.3 Å². The van der Waals surface area contributed by atoms with Crippen molar-refractivity contribution in [1.82, 2.24) is 10.3 Å². The number of unbranched alkanes of at least 4 members (excludes halogenated alkanes) is 1. The molecule has 6 heteroatoms. The molecule has 5 nitrogen and oxygen atoms in total. The number of carbonyl (C=O) groups is 2. The SMILES string of the molecule is CC(C)NC(=O)Cc1ccc(NC(=O)CCCCc2nc3ccccc3s2)cc1. The van der Waals surface area contributed by atoms with Crippen molar-refractivity contribution in [3.63, 3.8) is 0 Å². The van der Waals surface area contributed by atoms with Gasteiger partial charge in [0.15, 0.2) is 0 Å². The van der Waals surface area contributed by atoms with Crippen LogP contribution in [0.25, 0.3) is 10.2 Å². The van der Waals surface area contributed by atoms with Crippen LogP contribution in [0.15, 0.2) is 48.5 Å². The summed E-state index contributed by atoms with van der Waals surface area (Å²) in [6, 6.07) is 15.7. The monoisotopic (exact) mass is 409 g/mol. The number of nitrogens with zero attached hydrogens (tertiary/aromatic N) is 1. The van der Waals surface area contributed by atoms with Crippen molar-refractivity contribution in [1.29, 1.82) is 0 Å². The molecule has 3 aromatic rings. The minimum atomic E-state index is 0.00455. The summed E-state index contributed by atoms with van der Waals surface area (Å²) in [6.07, 6.45) is 3.51. The number of benzene rings is 2. The zero-order chi connectivity index (χ0) is 20.6. The summed E-state index contributed by atoms with van der Waals surface area (Å²) < 4.78 is 1.21. The lowest BCUT2D eigenvalue weighted by Gasteiger charge is -2.09. The molecule has 0 radical (unpaired) electrons. The smallest absolute Gasteiger partial charge is 0.224 e. The molecule has 0 bridgehead atoms. The zero-order valence-corrected chi connectivity index (χ0v) is 17.7. The lowest BCUT2D eigenvalue weighted by molar-refractivity contribution is -0.121. The quantitative estimate of drug-likeness (QED) is 0.503. The van der Waals surface area contributed by atoms with Gasteiger partial charge in [0.05, 0.1) is 21.6 Å². The van der Waals surface area contributed by atoms with E-state index < -0.39 is 0 Å². The van der Waals surface area contributed by atoms with Crippen LogP contribution in [-0.2, 0) is 22.4 Å². The fraction of sp³-hybridized carbons (Fsp3) is 0.348. The van der Waals surface area contributed by atoms with Crippen LogP contribution in [0, 0.1) is 0 Å². The summed E-state index contributed by atoms with van der Waals surface area (Å²) in [5.74, 6) is 0.0181. The van der Waals surface area contributed by atoms with E-state index in [4.69, 9.17) is 0 Å². The number of nitrogens with one attached hydrogen (secondary N) is 2. The molecule has 2 aromatic carbocycles. The highest BCUT2D eigenvalue weighted by molar-refractivity contribution is 7.18. The maximum atomic E-state index is 12.2. The molecule has 2 N–H and O–H groups in total. The number of para-hydroxylation sites is 1. The normalized spacial score (nSPS) is 11.0. The molecule has 2 amide bonds. The van der Waals surface area contributed by atoms with Crippen LogP contribution in [0.1, 0.15) is 43.7 Å². The molecule has 1 heterocycles. The first kappa shape index (κ1) is 21.0. The van der Waals surface area contributed by atoms with Crippen LogP contribution in [0.5, 0.6) is 0 Å². The molecule has 0 spiro atoms. The number of carbonyl (C=O) groups excluding carboxylic acids is 2. The number of aromatic nitrogens is 1. The van der Waals surface area contributed by atoms with E-state index in [0.717, 1.165) is 41.0 Å². The molecule has 0 saturated heterocycles. The Hall–Kier alpha value is -2.73. The Bertz CT molecular complexity index is 931. The number of amides is 2. The van der Waals surface area contributed by atoms with Crippen LogP contribution in [-0.4, -0.2) is 22.8 Å². The highest BCUT2D eigenvalue weighted by Crippen LogP contribution is 2.23. The van der Waals surface area contributed by atoms with Crippen LogP contribution in [0.2, 0.25) is 0 Å². The summed E-state index contributed by atoms with van der Waals surface area (Å²) in [6.45, 7) is 3.88. The standard InChI is InChI=1S/C23H27N3O2S/c1-16(2)24-22(28)15-17-11-13-18(14-12-17)25-21(27)9-5-6-10-23-26-19-7-3-4-8-20(19)29-23/h3-4,7-8,11-14,16H,5-6,9-10,15H2,1-2H3,(H,24,28)(H,25,27). The minimum absolute atomic E-state index is 0.00455. The van der Waals surface area contributed by atoms with Crippen LogP contribution in [0.4, 0.5) is 5.69 Å². The van der Waals surface area contributed by atoms with Gasteiger partial charge in [0.1, 0.15) is 0 Å². The van der Waals surface area contributed by atoms with E-state index >= 15 is 0 Å². The second kappa shape index (κ2) is 10.2. The van der Waals surface area contributed by atoms with E-state index in [9.17, 15) is 9.59 Å². The lowest BCUT2D eigenvalue weighted by Crippen LogP contribution is -2.31. The minimum Gasteiger partial charge on any atom is -0.354 e. The molecule has 0 aliphatic rings. The van der Waals surface area contributed by atoms with E-state index in [1.54, 1.807) is 11.3 Å². The number of thiazole rings is 1. The van der Waals surface area contributed by atoms with Crippen molar-refractivity contribution in [2.45, 2.75) is 52.0 Å².